The van der Waals surface area contributed by atoms with Crippen LogP contribution in [-0.4, -0.2) is 28.3 Å². The summed E-state index contributed by atoms with van der Waals surface area (Å²) in [5.41, 5.74) is 0.439. The minimum atomic E-state index is -0.677. The van der Waals surface area contributed by atoms with Crippen molar-refractivity contribution in [2.45, 2.75) is 57.7 Å². The molecule has 2 unspecified atom stereocenters. The molecule has 0 aromatic carbocycles. The molecular weight excluding hydrogens is 284 g/mol. The van der Waals surface area contributed by atoms with Crippen molar-refractivity contribution in [1.29, 1.82) is 0 Å². The highest BCUT2D eigenvalue weighted by Crippen LogP contribution is 2.45. The van der Waals surface area contributed by atoms with Crippen LogP contribution in [0.15, 0.2) is 16.8 Å². The highest BCUT2D eigenvalue weighted by Gasteiger charge is 2.56. The number of nitrogens with one attached hydrogen (secondary N) is 1. The first-order valence-corrected chi connectivity index (χ1v) is 8.65. The maximum absolute atomic E-state index is 12.8. The topological polar surface area (TPSA) is 49.4 Å². The number of piperazine rings is 1. The molecule has 1 aromatic rings. The number of hydrogen-bond acceptors (Lipinski definition) is 3. The molecule has 2 heterocycles. The Bertz CT molecular complexity index is 538. The summed E-state index contributed by atoms with van der Waals surface area (Å²) in [7, 11) is 0. The molecule has 2 amide bonds. The maximum Gasteiger partial charge on any atom is 0.246 e. The Hall–Kier alpha value is -1.36. The van der Waals surface area contributed by atoms with E-state index in [9.17, 15) is 9.59 Å². The predicted octanol–water partition coefficient (Wildman–Crippen LogP) is 2.54. The normalized spacial score (nSPS) is 29.6. The molecule has 1 aliphatic carbocycles. The number of carbonyl (C=O) groups is 2. The zero-order valence-electron chi connectivity index (χ0n) is 12.6. The molecule has 21 heavy (non-hydrogen) atoms. The summed E-state index contributed by atoms with van der Waals surface area (Å²) in [6.45, 7) is 4.52. The summed E-state index contributed by atoms with van der Waals surface area (Å²) in [6, 6.07) is 1.68. The van der Waals surface area contributed by atoms with Gasteiger partial charge in [-0.05, 0) is 54.5 Å². The van der Waals surface area contributed by atoms with E-state index >= 15 is 0 Å². The fraction of sp³-hybridized carbons (Fsp3) is 0.625. The number of carbonyl (C=O) groups excluding carboxylic acids is 2. The van der Waals surface area contributed by atoms with Gasteiger partial charge in [-0.2, -0.15) is 11.3 Å². The summed E-state index contributed by atoms with van der Waals surface area (Å²) in [6.07, 6.45) is 3.68. The standard InChI is InChI=1S/C16H22N2O2S/c1-3-4-13-14(19)18(9-11-7-8-21-10-11)16(2,12-5-6-12)15(20)17-13/h7-8,10,12-13H,3-6,9H2,1-2H3,(H,17,20). The van der Waals surface area contributed by atoms with Gasteiger partial charge >= 0.3 is 0 Å². The molecular formula is C16H22N2O2S. The zero-order chi connectivity index (χ0) is 15.0. The molecule has 2 atom stereocenters. The average molecular weight is 306 g/mol. The van der Waals surface area contributed by atoms with Gasteiger partial charge in [-0.3, -0.25) is 9.59 Å². The first kappa shape index (κ1) is 14.6. The second-order valence-electron chi connectivity index (χ2n) is 6.29. The average Bonchev–Trinajstić information content (AvgIpc) is 3.19. The Morgan fingerprint density at radius 2 is 2.19 bits per heavy atom. The van der Waals surface area contributed by atoms with Crippen molar-refractivity contribution >= 4 is 23.2 Å². The van der Waals surface area contributed by atoms with Crippen molar-refractivity contribution in [3.63, 3.8) is 0 Å². The Morgan fingerprint density at radius 3 is 2.76 bits per heavy atom. The van der Waals surface area contributed by atoms with Crippen molar-refractivity contribution < 1.29 is 9.59 Å². The third kappa shape index (κ3) is 2.48. The lowest BCUT2D eigenvalue weighted by molar-refractivity contribution is -0.159. The highest BCUT2D eigenvalue weighted by atomic mass is 32.1. The Balaban J connectivity index is 1.91. The molecule has 5 heteroatoms. The molecule has 1 saturated carbocycles. The van der Waals surface area contributed by atoms with E-state index in [2.05, 4.69) is 10.7 Å². The lowest BCUT2D eigenvalue weighted by atomic mass is 9.87. The molecule has 0 spiro atoms. The summed E-state index contributed by atoms with van der Waals surface area (Å²) in [5.74, 6) is 0.415. The van der Waals surface area contributed by atoms with Crippen molar-refractivity contribution in [2.24, 2.45) is 5.92 Å². The van der Waals surface area contributed by atoms with Crippen molar-refractivity contribution in [1.82, 2.24) is 10.2 Å². The number of rotatable bonds is 5. The molecule has 1 aliphatic heterocycles. The number of amides is 2. The van der Waals surface area contributed by atoms with Gasteiger partial charge in [0, 0.05) is 6.54 Å². The molecule has 0 bridgehead atoms. The number of hydrogen-bond donors (Lipinski definition) is 1. The number of thiophene rings is 1. The third-order valence-corrected chi connectivity index (χ3v) is 5.49. The molecule has 1 N–H and O–H groups in total. The summed E-state index contributed by atoms with van der Waals surface area (Å²) in [4.78, 5) is 27.4. The van der Waals surface area contributed by atoms with Gasteiger partial charge in [0.2, 0.25) is 11.8 Å². The van der Waals surface area contributed by atoms with Gasteiger partial charge in [-0.15, -0.1) is 0 Å². The van der Waals surface area contributed by atoms with E-state index in [-0.39, 0.29) is 17.9 Å². The van der Waals surface area contributed by atoms with Crippen molar-refractivity contribution in [3.8, 4) is 0 Å². The molecule has 0 radical (unpaired) electrons. The van der Waals surface area contributed by atoms with Crippen LogP contribution in [0, 0.1) is 5.92 Å². The predicted molar refractivity (Wildman–Crippen MR) is 82.8 cm³/mol. The third-order valence-electron chi connectivity index (χ3n) is 4.76. The van der Waals surface area contributed by atoms with Crippen LogP contribution >= 0.6 is 11.3 Å². The molecule has 4 nitrogen and oxygen atoms in total. The van der Waals surface area contributed by atoms with Crippen LogP contribution in [0.1, 0.15) is 45.1 Å². The van der Waals surface area contributed by atoms with E-state index in [1.807, 2.05) is 30.2 Å². The Morgan fingerprint density at radius 1 is 1.43 bits per heavy atom. The van der Waals surface area contributed by atoms with Crippen LogP contribution in [0.25, 0.3) is 0 Å². The van der Waals surface area contributed by atoms with Crippen LogP contribution in [0.5, 0.6) is 0 Å². The van der Waals surface area contributed by atoms with Crippen LogP contribution < -0.4 is 5.32 Å². The second-order valence-corrected chi connectivity index (χ2v) is 7.07. The molecule has 1 saturated heterocycles. The second kappa shape index (κ2) is 5.44. The summed E-state index contributed by atoms with van der Waals surface area (Å²) < 4.78 is 0. The molecule has 114 valence electrons. The van der Waals surface area contributed by atoms with Gasteiger partial charge in [0.15, 0.2) is 0 Å². The van der Waals surface area contributed by atoms with Gasteiger partial charge in [0.05, 0.1) is 0 Å². The van der Waals surface area contributed by atoms with Gasteiger partial charge in [-0.25, -0.2) is 0 Å². The van der Waals surface area contributed by atoms with E-state index in [1.54, 1.807) is 11.3 Å². The van der Waals surface area contributed by atoms with Crippen LogP contribution in [0.3, 0.4) is 0 Å². The summed E-state index contributed by atoms with van der Waals surface area (Å²) in [5, 5.41) is 7.03. The van der Waals surface area contributed by atoms with Crippen LogP contribution in [0.2, 0.25) is 0 Å². The van der Waals surface area contributed by atoms with Crippen LogP contribution in [0.4, 0.5) is 0 Å². The molecule has 3 rings (SSSR count). The SMILES string of the molecule is CCCC1NC(=O)C(C)(C2CC2)N(Cc2ccsc2)C1=O. The largest absolute Gasteiger partial charge is 0.342 e. The zero-order valence-corrected chi connectivity index (χ0v) is 13.4. The Labute approximate surface area is 129 Å². The van der Waals surface area contributed by atoms with Gasteiger partial charge < -0.3 is 10.2 Å². The van der Waals surface area contributed by atoms with E-state index in [0.717, 1.165) is 24.8 Å². The van der Waals surface area contributed by atoms with E-state index in [1.165, 1.54) is 0 Å². The quantitative estimate of drug-likeness (QED) is 0.909. The van der Waals surface area contributed by atoms with Crippen molar-refractivity contribution in [3.05, 3.63) is 22.4 Å². The molecule has 2 aliphatic rings. The lowest BCUT2D eigenvalue weighted by Gasteiger charge is -2.46. The monoisotopic (exact) mass is 306 g/mol. The first-order chi connectivity index (χ1) is 10.1. The lowest BCUT2D eigenvalue weighted by Crippen LogP contribution is -2.70. The number of nitrogens with zero attached hydrogens (tertiary/aromatic N) is 1. The van der Waals surface area contributed by atoms with E-state index in [4.69, 9.17) is 0 Å². The van der Waals surface area contributed by atoms with Gasteiger partial charge in [-0.1, -0.05) is 13.3 Å². The van der Waals surface area contributed by atoms with Gasteiger partial charge in [0.1, 0.15) is 11.6 Å². The Kier molecular flexibility index (Phi) is 3.78. The minimum Gasteiger partial charge on any atom is -0.342 e. The molecule has 2 fully saturated rings. The van der Waals surface area contributed by atoms with Crippen LogP contribution in [-0.2, 0) is 16.1 Å². The molecule has 1 aromatic heterocycles. The fourth-order valence-electron chi connectivity index (χ4n) is 3.25. The first-order valence-electron chi connectivity index (χ1n) is 7.71. The fourth-order valence-corrected chi connectivity index (χ4v) is 3.91. The highest BCUT2D eigenvalue weighted by molar-refractivity contribution is 7.07. The smallest absolute Gasteiger partial charge is 0.246 e. The van der Waals surface area contributed by atoms with Crippen molar-refractivity contribution in [2.75, 3.05) is 0 Å². The summed E-state index contributed by atoms with van der Waals surface area (Å²) >= 11 is 1.63. The minimum absolute atomic E-state index is 0.0262. The van der Waals surface area contributed by atoms with E-state index in [0.29, 0.717) is 18.9 Å². The maximum atomic E-state index is 12.8. The van der Waals surface area contributed by atoms with Gasteiger partial charge in [0.25, 0.3) is 0 Å². The van der Waals surface area contributed by atoms with E-state index < -0.39 is 5.54 Å².